The molecule has 0 bridgehead atoms. The van der Waals surface area contributed by atoms with Gasteiger partial charge in [-0.2, -0.15) is 0 Å². The molecule has 2 aliphatic rings. The first-order valence-corrected chi connectivity index (χ1v) is 8.81. The van der Waals surface area contributed by atoms with Gasteiger partial charge in [-0.25, -0.2) is 0 Å². The van der Waals surface area contributed by atoms with Crippen molar-refractivity contribution >= 4 is 17.5 Å². The third-order valence-electron chi connectivity index (χ3n) is 4.65. The van der Waals surface area contributed by atoms with Crippen LogP contribution in [0.4, 0.5) is 5.69 Å². The van der Waals surface area contributed by atoms with Crippen molar-refractivity contribution in [2.24, 2.45) is 0 Å². The summed E-state index contributed by atoms with van der Waals surface area (Å²) >= 11 is 0. The van der Waals surface area contributed by atoms with Gasteiger partial charge in [0.25, 0.3) is 11.8 Å². The Hall–Kier alpha value is -3.06. The molecule has 1 unspecified atom stereocenters. The number of rotatable bonds is 3. The maximum atomic E-state index is 12.6. The van der Waals surface area contributed by atoms with E-state index in [9.17, 15) is 9.59 Å². The quantitative estimate of drug-likeness (QED) is 0.901. The molecule has 27 heavy (non-hydrogen) atoms. The molecule has 0 aliphatic carbocycles. The minimum Gasteiger partial charge on any atom is -0.454 e. The Kier molecular flexibility index (Phi) is 4.68. The Labute approximate surface area is 156 Å². The first-order valence-electron chi connectivity index (χ1n) is 8.81. The summed E-state index contributed by atoms with van der Waals surface area (Å²) in [7, 11) is 0. The topological polar surface area (TPSA) is 77.1 Å². The molecule has 2 amide bonds. The zero-order valence-corrected chi connectivity index (χ0v) is 14.9. The first-order chi connectivity index (χ1) is 13.1. The van der Waals surface area contributed by atoms with Gasteiger partial charge in [0.1, 0.15) is 0 Å². The van der Waals surface area contributed by atoms with Crippen molar-refractivity contribution in [2.45, 2.75) is 13.0 Å². The molecule has 1 fully saturated rings. The molecule has 1 saturated heterocycles. The van der Waals surface area contributed by atoms with Gasteiger partial charge in [0.15, 0.2) is 11.5 Å². The molecule has 0 saturated carbocycles. The van der Waals surface area contributed by atoms with Crippen LogP contribution in [0.25, 0.3) is 0 Å². The number of fused-ring (bicyclic) bond motifs is 1. The number of benzene rings is 2. The largest absolute Gasteiger partial charge is 0.454 e. The van der Waals surface area contributed by atoms with Crippen molar-refractivity contribution in [1.82, 2.24) is 4.90 Å². The van der Waals surface area contributed by atoms with Crippen molar-refractivity contribution in [3.8, 4) is 11.5 Å². The van der Waals surface area contributed by atoms with Crippen molar-refractivity contribution in [2.75, 3.05) is 31.9 Å². The summed E-state index contributed by atoms with van der Waals surface area (Å²) < 4.78 is 15.9. The van der Waals surface area contributed by atoms with Crippen molar-refractivity contribution < 1.29 is 23.8 Å². The number of carbonyl (C=O) groups is 2. The number of carbonyl (C=O) groups excluding carboxylic acids is 2. The second kappa shape index (κ2) is 7.28. The van der Waals surface area contributed by atoms with Gasteiger partial charge in [0.05, 0.1) is 19.3 Å². The number of nitrogens with one attached hydrogen (secondary N) is 1. The standard InChI is InChI=1S/C20H20N2O5/c1-13-11-25-9-8-22(13)20(24)14-2-5-16(6-3-14)21-19(23)15-4-7-17-18(10-15)27-12-26-17/h2-7,10,13H,8-9,11-12H2,1H3,(H,21,23). The molecule has 1 atom stereocenters. The average Bonchev–Trinajstić information content (AvgIpc) is 3.16. The minimum absolute atomic E-state index is 0.0283. The summed E-state index contributed by atoms with van der Waals surface area (Å²) in [4.78, 5) is 26.9. The second-order valence-electron chi connectivity index (χ2n) is 6.52. The van der Waals surface area contributed by atoms with E-state index >= 15 is 0 Å². The Morgan fingerprint density at radius 1 is 1.04 bits per heavy atom. The van der Waals surface area contributed by atoms with Crippen LogP contribution in [-0.4, -0.2) is 49.3 Å². The molecule has 2 aliphatic heterocycles. The molecule has 2 aromatic carbocycles. The van der Waals surface area contributed by atoms with E-state index in [0.717, 1.165) is 0 Å². The maximum absolute atomic E-state index is 12.6. The smallest absolute Gasteiger partial charge is 0.255 e. The molecule has 7 nitrogen and oxygen atoms in total. The van der Waals surface area contributed by atoms with E-state index < -0.39 is 0 Å². The predicted octanol–water partition coefficient (Wildman–Crippen LogP) is 2.53. The molecule has 2 heterocycles. The highest BCUT2D eigenvalue weighted by Crippen LogP contribution is 2.32. The fourth-order valence-corrected chi connectivity index (χ4v) is 3.13. The lowest BCUT2D eigenvalue weighted by atomic mass is 10.1. The fourth-order valence-electron chi connectivity index (χ4n) is 3.13. The number of morpholine rings is 1. The SMILES string of the molecule is CC1COCCN1C(=O)c1ccc(NC(=O)c2ccc3c(c2)OCO3)cc1. The molecule has 1 N–H and O–H groups in total. The van der Waals surface area contributed by atoms with Crippen LogP contribution in [0, 0.1) is 0 Å². The molecule has 0 radical (unpaired) electrons. The highest BCUT2D eigenvalue weighted by Gasteiger charge is 2.24. The second-order valence-corrected chi connectivity index (χ2v) is 6.52. The predicted molar refractivity (Wildman–Crippen MR) is 98.3 cm³/mol. The monoisotopic (exact) mass is 368 g/mol. The van der Waals surface area contributed by atoms with Crippen LogP contribution >= 0.6 is 0 Å². The number of amides is 2. The van der Waals surface area contributed by atoms with E-state index in [2.05, 4.69) is 5.32 Å². The van der Waals surface area contributed by atoms with E-state index in [4.69, 9.17) is 14.2 Å². The van der Waals surface area contributed by atoms with Gasteiger partial charge in [-0.15, -0.1) is 0 Å². The van der Waals surface area contributed by atoms with Crippen molar-refractivity contribution in [3.63, 3.8) is 0 Å². The van der Waals surface area contributed by atoms with Gasteiger partial charge < -0.3 is 24.4 Å². The van der Waals surface area contributed by atoms with Gasteiger partial charge in [-0.05, 0) is 49.4 Å². The number of hydrogen-bond donors (Lipinski definition) is 1. The van der Waals surface area contributed by atoms with Crippen LogP contribution in [0.5, 0.6) is 11.5 Å². The van der Waals surface area contributed by atoms with Crippen LogP contribution in [0.1, 0.15) is 27.6 Å². The minimum atomic E-state index is -0.255. The van der Waals surface area contributed by atoms with Crippen LogP contribution in [0.3, 0.4) is 0 Å². The summed E-state index contributed by atoms with van der Waals surface area (Å²) in [6.07, 6.45) is 0. The van der Waals surface area contributed by atoms with Crippen LogP contribution in [0.15, 0.2) is 42.5 Å². The molecule has 2 aromatic rings. The molecule has 140 valence electrons. The Balaban J connectivity index is 1.43. The van der Waals surface area contributed by atoms with E-state index in [0.29, 0.717) is 48.1 Å². The summed E-state index contributed by atoms with van der Waals surface area (Å²) in [5.41, 5.74) is 1.68. The summed E-state index contributed by atoms with van der Waals surface area (Å²) in [5, 5.41) is 2.82. The van der Waals surface area contributed by atoms with Gasteiger partial charge >= 0.3 is 0 Å². The van der Waals surface area contributed by atoms with Crippen LogP contribution < -0.4 is 14.8 Å². The Morgan fingerprint density at radius 3 is 2.56 bits per heavy atom. The lowest BCUT2D eigenvalue weighted by Gasteiger charge is -2.33. The van der Waals surface area contributed by atoms with E-state index in [1.165, 1.54) is 0 Å². The zero-order chi connectivity index (χ0) is 18.8. The summed E-state index contributed by atoms with van der Waals surface area (Å²) in [5.74, 6) is 0.906. The van der Waals surface area contributed by atoms with E-state index in [1.54, 1.807) is 42.5 Å². The van der Waals surface area contributed by atoms with Crippen LogP contribution in [0.2, 0.25) is 0 Å². The highest BCUT2D eigenvalue weighted by atomic mass is 16.7. The third kappa shape index (κ3) is 3.59. The third-order valence-corrected chi connectivity index (χ3v) is 4.65. The van der Waals surface area contributed by atoms with E-state index in [-0.39, 0.29) is 24.6 Å². The van der Waals surface area contributed by atoms with Gasteiger partial charge in [0, 0.05) is 23.4 Å². The first kappa shape index (κ1) is 17.4. The summed E-state index contributed by atoms with van der Waals surface area (Å²) in [6, 6.07) is 12.0. The lowest BCUT2D eigenvalue weighted by Crippen LogP contribution is -2.47. The fraction of sp³-hybridized carbons (Fsp3) is 0.300. The molecule has 4 rings (SSSR count). The lowest BCUT2D eigenvalue weighted by molar-refractivity contribution is 0.00359. The highest BCUT2D eigenvalue weighted by molar-refractivity contribution is 6.05. The maximum Gasteiger partial charge on any atom is 0.255 e. The molecular formula is C20H20N2O5. The Bertz CT molecular complexity index is 865. The molecule has 7 heteroatoms. The van der Waals surface area contributed by atoms with Crippen molar-refractivity contribution in [1.29, 1.82) is 0 Å². The number of ether oxygens (including phenoxy) is 3. The summed E-state index contributed by atoms with van der Waals surface area (Å²) in [6.45, 7) is 3.83. The molecule has 0 aromatic heterocycles. The molecule has 0 spiro atoms. The Morgan fingerprint density at radius 2 is 1.78 bits per heavy atom. The normalized spacial score (nSPS) is 18.3. The zero-order valence-electron chi connectivity index (χ0n) is 14.9. The van der Waals surface area contributed by atoms with Gasteiger partial charge in [-0.1, -0.05) is 0 Å². The van der Waals surface area contributed by atoms with Crippen molar-refractivity contribution in [3.05, 3.63) is 53.6 Å². The van der Waals surface area contributed by atoms with Crippen LogP contribution in [-0.2, 0) is 4.74 Å². The van der Waals surface area contributed by atoms with E-state index in [1.807, 2.05) is 11.8 Å². The number of anilines is 1. The van der Waals surface area contributed by atoms with Gasteiger partial charge in [-0.3, -0.25) is 9.59 Å². The molecular weight excluding hydrogens is 348 g/mol. The number of hydrogen-bond acceptors (Lipinski definition) is 5. The number of nitrogens with zero attached hydrogens (tertiary/aromatic N) is 1. The average molecular weight is 368 g/mol. The van der Waals surface area contributed by atoms with Gasteiger partial charge in [0.2, 0.25) is 6.79 Å².